The van der Waals surface area contributed by atoms with Crippen LogP contribution in [0.3, 0.4) is 0 Å². The fraction of sp³-hybridized carbons (Fsp3) is 0.500. The van der Waals surface area contributed by atoms with E-state index in [0.717, 1.165) is 30.5 Å². The fourth-order valence-electron chi connectivity index (χ4n) is 5.58. The maximum Gasteiger partial charge on any atom is 0.245 e. The van der Waals surface area contributed by atoms with Crippen molar-refractivity contribution < 1.29 is 14.4 Å². The number of rotatable bonds is 9. The molecular formula is C28H35N7O3. The van der Waals surface area contributed by atoms with Crippen molar-refractivity contribution in [3.8, 4) is 11.1 Å². The van der Waals surface area contributed by atoms with Crippen molar-refractivity contribution >= 4 is 28.5 Å². The molecule has 10 heteroatoms. The van der Waals surface area contributed by atoms with Gasteiger partial charge in [-0.1, -0.05) is 13.0 Å². The van der Waals surface area contributed by atoms with Gasteiger partial charge >= 0.3 is 0 Å². The number of piperidine rings is 1. The number of hydrogen-bond donors (Lipinski definition) is 1. The molecule has 1 unspecified atom stereocenters. The van der Waals surface area contributed by atoms with Crippen LogP contribution in [0.15, 0.2) is 30.6 Å². The number of nitrogens with zero attached hydrogens (tertiary/aromatic N) is 6. The van der Waals surface area contributed by atoms with E-state index in [0.29, 0.717) is 35.4 Å². The first-order chi connectivity index (χ1) is 18.1. The first-order valence-corrected chi connectivity index (χ1v) is 13.1. The van der Waals surface area contributed by atoms with E-state index >= 15 is 0 Å². The molecule has 2 fully saturated rings. The molecule has 3 atom stereocenters. The van der Waals surface area contributed by atoms with Gasteiger partial charge in [-0.25, -0.2) is 9.97 Å². The number of likely N-dealkylation sites (tertiary alicyclic amines) is 1. The first kappa shape index (κ1) is 26.0. The third-order valence-corrected chi connectivity index (χ3v) is 7.79. The molecule has 0 radical (unpaired) electrons. The Balaban J connectivity index is 1.38. The van der Waals surface area contributed by atoms with Gasteiger partial charge in [0.1, 0.15) is 24.1 Å². The van der Waals surface area contributed by atoms with Gasteiger partial charge in [-0.15, -0.1) is 0 Å². The minimum atomic E-state index is -0.479. The summed E-state index contributed by atoms with van der Waals surface area (Å²) in [6, 6.07) is 5.27. The minimum Gasteiger partial charge on any atom is -0.354 e. The Hall–Kier alpha value is -3.66. The minimum absolute atomic E-state index is 0.0109. The van der Waals surface area contributed by atoms with Crippen LogP contribution in [0.1, 0.15) is 49.4 Å². The van der Waals surface area contributed by atoms with Crippen LogP contribution in [0.25, 0.3) is 22.0 Å². The van der Waals surface area contributed by atoms with Crippen LogP contribution in [-0.2, 0) is 16.1 Å². The summed E-state index contributed by atoms with van der Waals surface area (Å²) in [6.07, 6.45) is 5.92. The van der Waals surface area contributed by atoms with Crippen LogP contribution in [0, 0.1) is 12.3 Å². The summed E-state index contributed by atoms with van der Waals surface area (Å²) in [5.41, 5.74) is 2.70. The Morgan fingerprint density at radius 2 is 1.87 bits per heavy atom. The second-order valence-corrected chi connectivity index (χ2v) is 11.2. The Bertz CT molecular complexity index is 1400. The number of ketones is 1. The molecule has 2 amide bonds. The maximum atomic E-state index is 13.6. The van der Waals surface area contributed by atoms with Gasteiger partial charge < -0.3 is 15.1 Å². The van der Waals surface area contributed by atoms with Crippen molar-refractivity contribution in [2.75, 3.05) is 27.2 Å². The van der Waals surface area contributed by atoms with Crippen molar-refractivity contribution in [3.05, 3.63) is 42.1 Å². The zero-order chi connectivity index (χ0) is 27.2. The lowest BCUT2D eigenvalue weighted by Crippen LogP contribution is -2.49. The molecule has 200 valence electrons. The molecule has 1 saturated carbocycles. The summed E-state index contributed by atoms with van der Waals surface area (Å²) in [5.74, 6) is 0.259. The Morgan fingerprint density at radius 3 is 2.55 bits per heavy atom. The van der Waals surface area contributed by atoms with Gasteiger partial charge in [-0.05, 0) is 69.9 Å². The van der Waals surface area contributed by atoms with Gasteiger partial charge in [-0.2, -0.15) is 5.10 Å². The number of aromatic nitrogens is 4. The molecule has 10 nitrogen and oxygen atoms in total. The molecular weight excluding hydrogens is 482 g/mol. The normalized spacial score (nSPS) is 22.1. The first-order valence-electron chi connectivity index (χ1n) is 13.1. The summed E-state index contributed by atoms with van der Waals surface area (Å²) < 4.78 is 1.59. The molecule has 2 aliphatic rings. The molecule has 1 aromatic carbocycles. The summed E-state index contributed by atoms with van der Waals surface area (Å²) in [7, 11) is 4.00. The number of Topliss-reactive ketones (excluding diaryl/α,β-unsaturated/α-hetero) is 1. The molecule has 3 aromatic rings. The summed E-state index contributed by atoms with van der Waals surface area (Å²) in [5, 5.41) is 8.24. The van der Waals surface area contributed by atoms with Gasteiger partial charge in [0.05, 0.1) is 5.52 Å². The van der Waals surface area contributed by atoms with Crippen molar-refractivity contribution in [3.63, 3.8) is 0 Å². The second-order valence-electron chi connectivity index (χ2n) is 11.2. The zero-order valence-corrected chi connectivity index (χ0v) is 22.7. The molecule has 1 saturated heterocycles. The highest BCUT2D eigenvalue weighted by Crippen LogP contribution is 2.59. The van der Waals surface area contributed by atoms with Gasteiger partial charge in [0.15, 0.2) is 5.78 Å². The highest BCUT2D eigenvalue weighted by Gasteiger charge is 2.64. The number of aryl methyl sites for hydroxylation is 1. The number of hydrogen-bond acceptors (Lipinski definition) is 7. The van der Waals surface area contributed by atoms with Gasteiger partial charge in [0.25, 0.3) is 0 Å². The van der Waals surface area contributed by atoms with Gasteiger partial charge in [0, 0.05) is 42.9 Å². The van der Waals surface area contributed by atoms with Crippen LogP contribution >= 0.6 is 0 Å². The molecule has 38 heavy (non-hydrogen) atoms. The van der Waals surface area contributed by atoms with Crippen LogP contribution < -0.4 is 5.32 Å². The predicted octanol–water partition coefficient (Wildman–Crippen LogP) is 2.45. The van der Waals surface area contributed by atoms with E-state index in [1.165, 1.54) is 6.92 Å². The quantitative estimate of drug-likeness (QED) is 0.343. The van der Waals surface area contributed by atoms with Gasteiger partial charge in [-0.3, -0.25) is 19.1 Å². The number of carbonyl (C=O) groups excluding carboxylic acids is 3. The maximum absolute atomic E-state index is 13.6. The largest absolute Gasteiger partial charge is 0.354 e. The molecule has 1 aliphatic carbocycles. The van der Waals surface area contributed by atoms with E-state index in [4.69, 9.17) is 0 Å². The molecule has 5 rings (SSSR count). The Labute approximate surface area is 222 Å². The lowest BCUT2D eigenvalue weighted by atomic mass is 10.0. The smallest absolute Gasteiger partial charge is 0.245 e. The number of nitrogens with one attached hydrogen (secondary N) is 1. The number of benzene rings is 1. The monoisotopic (exact) mass is 517 g/mol. The molecule has 0 spiro atoms. The lowest BCUT2D eigenvalue weighted by Gasteiger charge is -2.27. The van der Waals surface area contributed by atoms with E-state index in [9.17, 15) is 14.4 Å². The van der Waals surface area contributed by atoms with Crippen LogP contribution in [0.4, 0.5) is 0 Å². The van der Waals surface area contributed by atoms with Crippen LogP contribution in [0.5, 0.6) is 0 Å². The van der Waals surface area contributed by atoms with Crippen LogP contribution in [0.2, 0.25) is 0 Å². The molecule has 1 N–H and O–H groups in total. The Kier molecular flexibility index (Phi) is 6.77. The summed E-state index contributed by atoms with van der Waals surface area (Å²) in [4.78, 5) is 51.6. The SMILES string of the molecule is CC(=O)c1nn(CC(=O)N2C3C[C@]3(C)C[C@H]2C(=O)NCCCN(C)C)c2ccc(-c3cnc(C)nc3)cc12. The van der Waals surface area contributed by atoms with Gasteiger partial charge in [0.2, 0.25) is 11.8 Å². The summed E-state index contributed by atoms with van der Waals surface area (Å²) in [6.45, 7) is 6.88. The van der Waals surface area contributed by atoms with Crippen molar-refractivity contribution in [1.82, 2.24) is 34.9 Å². The van der Waals surface area contributed by atoms with Crippen LogP contribution in [-0.4, -0.2) is 86.4 Å². The van der Waals surface area contributed by atoms with E-state index in [2.05, 4.69) is 32.2 Å². The molecule has 1 aliphatic heterocycles. The molecule has 2 aromatic heterocycles. The number of carbonyl (C=O) groups is 3. The number of amides is 2. The van der Waals surface area contributed by atoms with Crippen molar-refractivity contribution in [2.24, 2.45) is 5.41 Å². The standard InChI is InChI=1S/C28H35N7O3/c1-17(36)26-21-11-19(20-14-30-18(2)31-15-20)7-8-22(21)34(32-26)16-25(37)35-23(12-28(3)13-24(28)35)27(38)29-9-6-10-33(4)5/h7-8,11,14-15,23-24H,6,9-10,12-13,16H2,1-5H3,(H,29,38)/t23-,24?,28-/m0/s1. The topological polar surface area (TPSA) is 113 Å². The van der Waals surface area contributed by atoms with E-state index in [1.54, 1.807) is 22.0 Å². The zero-order valence-electron chi connectivity index (χ0n) is 22.7. The fourth-order valence-corrected chi connectivity index (χ4v) is 5.58. The van der Waals surface area contributed by atoms with E-state index in [-0.39, 0.29) is 35.6 Å². The average molecular weight is 518 g/mol. The van der Waals surface area contributed by atoms with E-state index < -0.39 is 6.04 Å². The number of fused-ring (bicyclic) bond motifs is 2. The predicted molar refractivity (Wildman–Crippen MR) is 143 cm³/mol. The highest BCUT2D eigenvalue weighted by molar-refractivity contribution is 6.06. The highest BCUT2D eigenvalue weighted by atomic mass is 16.2. The average Bonchev–Trinajstić information content (AvgIpc) is 3.24. The van der Waals surface area contributed by atoms with E-state index in [1.807, 2.05) is 39.2 Å². The second kappa shape index (κ2) is 9.90. The third-order valence-electron chi connectivity index (χ3n) is 7.79. The molecule has 0 bridgehead atoms. The molecule has 3 heterocycles. The van der Waals surface area contributed by atoms with Crippen molar-refractivity contribution in [2.45, 2.75) is 58.7 Å². The third kappa shape index (κ3) is 4.92. The lowest BCUT2D eigenvalue weighted by molar-refractivity contribution is -0.140. The Morgan fingerprint density at radius 1 is 1.13 bits per heavy atom. The van der Waals surface area contributed by atoms with Crippen molar-refractivity contribution in [1.29, 1.82) is 0 Å². The summed E-state index contributed by atoms with van der Waals surface area (Å²) >= 11 is 0.